The highest BCUT2D eigenvalue weighted by atomic mass is 79.9. The number of sulfonamides is 1. The lowest BCUT2D eigenvalue weighted by molar-refractivity contribution is 0.144. The minimum absolute atomic E-state index is 0.202. The molecule has 0 aliphatic carbocycles. The minimum atomic E-state index is -3.53. The number of hydrogen-bond acceptors (Lipinski definition) is 3. The van der Waals surface area contributed by atoms with E-state index in [-0.39, 0.29) is 11.4 Å². The van der Waals surface area contributed by atoms with Crippen LogP contribution >= 0.6 is 31.9 Å². The summed E-state index contributed by atoms with van der Waals surface area (Å²) in [5.41, 5.74) is 0. The van der Waals surface area contributed by atoms with Crippen LogP contribution in [-0.4, -0.2) is 28.2 Å². The van der Waals surface area contributed by atoms with Crippen molar-refractivity contribution in [3.63, 3.8) is 0 Å². The molecule has 106 valence electrons. The Morgan fingerprint density at radius 2 is 2.05 bits per heavy atom. The molecular formula is C12H15Br2NO3S. The third kappa shape index (κ3) is 5.74. The highest BCUT2D eigenvalue weighted by Gasteiger charge is 2.17. The largest absolute Gasteiger partial charge is 0.380 e. The molecule has 0 aliphatic rings. The zero-order valence-corrected chi connectivity index (χ0v) is 14.2. The van der Waals surface area contributed by atoms with Gasteiger partial charge in [-0.2, -0.15) is 0 Å². The number of hydrogen-bond donors (Lipinski definition) is 1. The third-order valence-electron chi connectivity index (χ3n) is 2.19. The molecule has 0 aromatic heterocycles. The maximum Gasteiger partial charge on any atom is 0.241 e. The molecule has 0 heterocycles. The van der Waals surface area contributed by atoms with Crippen LogP contribution in [0.4, 0.5) is 0 Å². The second kappa shape index (κ2) is 8.16. The first-order valence-corrected chi connectivity index (χ1v) is 8.67. The van der Waals surface area contributed by atoms with Gasteiger partial charge in [-0.25, -0.2) is 13.1 Å². The molecule has 4 nitrogen and oxygen atoms in total. The molecule has 7 heteroatoms. The Balaban J connectivity index is 2.56. The van der Waals surface area contributed by atoms with Gasteiger partial charge in [0.25, 0.3) is 0 Å². The second-order valence-corrected chi connectivity index (χ2v) is 7.17. The van der Waals surface area contributed by atoms with Crippen molar-refractivity contribution in [1.82, 2.24) is 4.72 Å². The van der Waals surface area contributed by atoms with Crippen molar-refractivity contribution in [1.29, 1.82) is 0 Å². The molecule has 1 aromatic rings. The number of ether oxygens (including phenoxy) is 1. The molecule has 0 saturated carbocycles. The number of nitrogens with one attached hydrogen (secondary N) is 1. The van der Waals surface area contributed by atoms with E-state index in [1.54, 1.807) is 24.3 Å². The van der Waals surface area contributed by atoms with Crippen molar-refractivity contribution in [2.45, 2.75) is 11.3 Å². The first-order chi connectivity index (χ1) is 8.97. The summed E-state index contributed by atoms with van der Waals surface area (Å²) in [6, 6.07) is 4.99. The summed E-state index contributed by atoms with van der Waals surface area (Å²) in [6.07, 6.45) is 2.51. The summed E-state index contributed by atoms with van der Waals surface area (Å²) in [4.78, 5) is 0.202. The molecule has 1 aromatic carbocycles. The molecule has 0 unspecified atom stereocenters. The van der Waals surface area contributed by atoms with E-state index in [0.29, 0.717) is 22.2 Å². The molecule has 0 fully saturated rings. The Hall–Kier alpha value is -0.210. The van der Waals surface area contributed by atoms with Gasteiger partial charge in [-0.05, 0) is 40.5 Å². The van der Waals surface area contributed by atoms with E-state index in [0.717, 1.165) is 6.42 Å². The number of rotatable bonds is 8. The lowest BCUT2D eigenvalue weighted by atomic mass is 10.4. The van der Waals surface area contributed by atoms with Crippen LogP contribution in [-0.2, 0) is 14.8 Å². The van der Waals surface area contributed by atoms with Gasteiger partial charge in [0.2, 0.25) is 10.0 Å². The van der Waals surface area contributed by atoms with E-state index in [2.05, 4.69) is 43.2 Å². The van der Waals surface area contributed by atoms with Gasteiger partial charge in [0.05, 0.1) is 18.1 Å². The topological polar surface area (TPSA) is 55.4 Å². The summed E-state index contributed by atoms with van der Waals surface area (Å²) in [5.74, 6) is 0. The highest BCUT2D eigenvalue weighted by molar-refractivity contribution is 9.11. The van der Waals surface area contributed by atoms with Crippen LogP contribution in [0.5, 0.6) is 0 Å². The van der Waals surface area contributed by atoms with E-state index in [1.165, 1.54) is 0 Å². The Kier molecular flexibility index (Phi) is 7.23. The van der Waals surface area contributed by atoms with Gasteiger partial charge in [-0.15, -0.1) is 6.58 Å². The lowest BCUT2D eigenvalue weighted by Crippen LogP contribution is -2.27. The van der Waals surface area contributed by atoms with Crippen molar-refractivity contribution in [2.24, 2.45) is 0 Å². The Labute approximate surface area is 130 Å². The monoisotopic (exact) mass is 411 g/mol. The van der Waals surface area contributed by atoms with E-state index in [9.17, 15) is 8.42 Å². The molecule has 0 saturated heterocycles. The zero-order chi connectivity index (χ0) is 14.3. The van der Waals surface area contributed by atoms with Crippen molar-refractivity contribution in [3.8, 4) is 0 Å². The summed E-state index contributed by atoms with van der Waals surface area (Å²) >= 11 is 6.48. The molecule has 0 radical (unpaired) electrons. The van der Waals surface area contributed by atoms with Gasteiger partial charge < -0.3 is 4.74 Å². The van der Waals surface area contributed by atoms with Crippen molar-refractivity contribution < 1.29 is 13.2 Å². The van der Waals surface area contributed by atoms with Crippen LogP contribution in [0.3, 0.4) is 0 Å². The first kappa shape index (κ1) is 16.8. The average Bonchev–Trinajstić information content (AvgIpc) is 2.36. The van der Waals surface area contributed by atoms with Crippen LogP contribution in [0, 0.1) is 0 Å². The standard InChI is InChI=1S/C12H15Br2NO3S/c1-2-3-7-18-8-6-15-19(16,17)12-9-10(13)4-5-11(12)14/h2,4-5,9,15H,1,3,6-8H2. The Bertz CT molecular complexity index is 532. The summed E-state index contributed by atoms with van der Waals surface area (Å²) < 4.78 is 33.1. The van der Waals surface area contributed by atoms with E-state index in [4.69, 9.17) is 4.74 Å². The molecule has 0 atom stereocenters. The van der Waals surface area contributed by atoms with E-state index in [1.807, 2.05) is 0 Å². The number of benzene rings is 1. The van der Waals surface area contributed by atoms with Gasteiger partial charge in [0.15, 0.2) is 0 Å². The predicted molar refractivity (Wildman–Crippen MR) is 82.7 cm³/mol. The molecule has 1 rings (SSSR count). The van der Waals surface area contributed by atoms with Crippen molar-refractivity contribution in [2.75, 3.05) is 19.8 Å². The molecule has 1 N–H and O–H groups in total. The van der Waals surface area contributed by atoms with Crippen LogP contribution in [0.15, 0.2) is 44.7 Å². The van der Waals surface area contributed by atoms with Crippen LogP contribution in [0.2, 0.25) is 0 Å². The second-order valence-electron chi connectivity index (χ2n) is 3.66. The van der Waals surface area contributed by atoms with Crippen LogP contribution < -0.4 is 4.72 Å². The summed E-state index contributed by atoms with van der Waals surface area (Å²) in [6.45, 7) is 4.69. The summed E-state index contributed by atoms with van der Waals surface area (Å²) in [7, 11) is -3.53. The fourth-order valence-corrected chi connectivity index (χ4v) is 3.79. The van der Waals surface area contributed by atoms with Crippen LogP contribution in [0.1, 0.15) is 6.42 Å². The predicted octanol–water partition coefficient (Wildman–Crippen LogP) is 3.08. The van der Waals surface area contributed by atoms with Gasteiger partial charge in [-0.3, -0.25) is 0 Å². The highest BCUT2D eigenvalue weighted by Crippen LogP contribution is 2.25. The van der Waals surface area contributed by atoms with Gasteiger partial charge in [-0.1, -0.05) is 22.0 Å². The van der Waals surface area contributed by atoms with E-state index >= 15 is 0 Å². The minimum Gasteiger partial charge on any atom is -0.380 e. The Morgan fingerprint density at radius 3 is 2.74 bits per heavy atom. The number of halogens is 2. The summed E-state index contributed by atoms with van der Waals surface area (Å²) in [5, 5.41) is 0. The van der Waals surface area contributed by atoms with Crippen LogP contribution in [0.25, 0.3) is 0 Å². The fourth-order valence-electron chi connectivity index (χ4n) is 1.28. The molecular weight excluding hydrogens is 398 g/mol. The molecule has 0 amide bonds. The lowest BCUT2D eigenvalue weighted by Gasteiger charge is -2.09. The zero-order valence-electron chi connectivity index (χ0n) is 10.2. The van der Waals surface area contributed by atoms with Gasteiger partial charge in [0.1, 0.15) is 0 Å². The van der Waals surface area contributed by atoms with Crippen molar-refractivity contribution in [3.05, 3.63) is 39.8 Å². The normalized spacial score (nSPS) is 11.5. The van der Waals surface area contributed by atoms with Crippen molar-refractivity contribution >= 4 is 41.9 Å². The molecule has 0 spiro atoms. The van der Waals surface area contributed by atoms with Gasteiger partial charge in [0, 0.05) is 15.5 Å². The fraction of sp³-hybridized carbons (Fsp3) is 0.333. The first-order valence-electron chi connectivity index (χ1n) is 5.60. The van der Waals surface area contributed by atoms with Gasteiger partial charge >= 0.3 is 0 Å². The maximum atomic E-state index is 12.1. The SMILES string of the molecule is C=CCCOCCNS(=O)(=O)c1cc(Br)ccc1Br. The average molecular weight is 413 g/mol. The Morgan fingerprint density at radius 1 is 1.32 bits per heavy atom. The molecule has 0 bridgehead atoms. The molecule has 19 heavy (non-hydrogen) atoms. The third-order valence-corrected chi connectivity index (χ3v) is 5.14. The maximum absolute atomic E-state index is 12.1. The quantitative estimate of drug-likeness (QED) is 0.527. The van der Waals surface area contributed by atoms with E-state index < -0.39 is 10.0 Å². The molecule has 0 aliphatic heterocycles. The smallest absolute Gasteiger partial charge is 0.241 e.